The minimum absolute atomic E-state index is 0.100. The Labute approximate surface area is 112 Å². The Kier molecular flexibility index (Phi) is 3.66. The van der Waals surface area contributed by atoms with Crippen molar-refractivity contribution in [1.82, 2.24) is 10.2 Å². The minimum Gasteiger partial charge on any atom is -0.347 e. The molecule has 1 aliphatic heterocycles. The summed E-state index contributed by atoms with van der Waals surface area (Å²) in [6.07, 6.45) is 6.57. The van der Waals surface area contributed by atoms with E-state index in [-0.39, 0.29) is 5.91 Å². The summed E-state index contributed by atoms with van der Waals surface area (Å²) in [7, 11) is 0. The Morgan fingerprint density at radius 3 is 2.89 bits per heavy atom. The highest BCUT2D eigenvalue weighted by Crippen LogP contribution is 2.26. The second-order valence-corrected chi connectivity index (χ2v) is 6.32. The summed E-state index contributed by atoms with van der Waals surface area (Å²) < 4.78 is 0. The summed E-state index contributed by atoms with van der Waals surface area (Å²) in [5.41, 5.74) is 0. The fourth-order valence-corrected chi connectivity index (χ4v) is 3.80. The normalized spacial score (nSPS) is 25.7. The summed E-state index contributed by atoms with van der Waals surface area (Å²) in [6.45, 7) is 2.20. The topological polar surface area (TPSA) is 32.3 Å². The molecule has 4 heteroatoms. The average molecular weight is 264 g/mol. The van der Waals surface area contributed by atoms with Crippen molar-refractivity contribution in [1.29, 1.82) is 0 Å². The maximum Gasteiger partial charge on any atom is 0.261 e. The van der Waals surface area contributed by atoms with Gasteiger partial charge in [0.05, 0.1) is 4.88 Å². The maximum absolute atomic E-state index is 12.0. The minimum atomic E-state index is 0.100. The van der Waals surface area contributed by atoms with Crippen LogP contribution in [0, 0.1) is 0 Å². The first-order valence-corrected chi connectivity index (χ1v) is 7.79. The van der Waals surface area contributed by atoms with E-state index in [1.54, 1.807) is 0 Å². The molecule has 2 aliphatic rings. The third-order valence-electron chi connectivity index (χ3n) is 4.14. The molecule has 1 amide bonds. The second kappa shape index (κ2) is 5.41. The van der Waals surface area contributed by atoms with Crippen molar-refractivity contribution in [2.24, 2.45) is 0 Å². The molecule has 0 radical (unpaired) electrons. The van der Waals surface area contributed by atoms with E-state index in [0.717, 1.165) is 30.4 Å². The number of nitrogens with one attached hydrogen (secondary N) is 1. The molecule has 0 bridgehead atoms. The number of hydrogen-bond acceptors (Lipinski definition) is 3. The molecule has 18 heavy (non-hydrogen) atoms. The van der Waals surface area contributed by atoms with Crippen LogP contribution in [0.25, 0.3) is 0 Å². The van der Waals surface area contributed by atoms with Gasteiger partial charge in [0.25, 0.3) is 5.91 Å². The van der Waals surface area contributed by atoms with Crippen molar-refractivity contribution in [3.63, 3.8) is 0 Å². The van der Waals surface area contributed by atoms with E-state index in [1.165, 1.54) is 37.0 Å². The molecular formula is C14H20N2OS. The van der Waals surface area contributed by atoms with Crippen molar-refractivity contribution in [3.05, 3.63) is 22.4 Å². The molecule has 2 heterocycles. The molecule has 1 saturated carbocycles. The van der Waals surface area contributed by atoms with Crippen molar-refractivity contribution >= 4 is 17.2 Å². The molecule has 0 spiro atoms. The summed E-state index contributed by atoms with van der Waals surface area (Å²) in [6, 6.07) is 4.96. The largest absolute Gasteiger partial charge is 0.347 e. The van der Waals surface area contributed by atoms with E-state index < -0.39 is 0 Å². The van der Waals surface area contributed by atoms with Crippen LogP contribution in [0.15, 0.2) is 17.5 Å². The fourth-order valence-electron chi connectivity index (χ4n) is 3.17. The van der Waals surface area contributed by atoms with E-state index >= 15 is 0 Å². The summed E-state index contributed by atoms with van der Waals surface area (Å²) >= 11 is 1.51. The van der Waals surface area contributed by atoms with Crippen LogP contribution >= 0.6 is 11.3 Å². The van der Waals surface area contributed by atoms with Crippen LogP contribution in [0.4, 0.5) is 0 Å². The zero-order valence-corrected chi connectivity index (χ0v) is 11.4. The van der Waals surface area contributed by atoms with E-state index in [1.807, 2.05) is 17.5 Å². The van der Waals surface area contributed by atoms with Crippen LogP contribution in [0.2, 0.25) is 0 Å². The molecule has 1 N–H and O–H groups in total. The highest BCUT2D eigenvalue weighted by molar-refractivity contribution is 7.12. The van der Waals surface area contributed by atoms with Crippen LogP contribution in [-0.2, 0) is 0 Å². The van der Waals surface area contributed by atoms with Gasteiger partial charge in [0.15, 0.2) is 0 Å². The Morgan fingerprint density at radius 1 is 1.33 bits per heavy atom. The van der Waals surface area contributed by atoms with Gasteiger partial charge in [0.2, 0.25) is 0 Å². The monoisotopic (exact) mass is 264 g/mol. The van der Waals surface area contributed by atoms with Crippen molar-refractivity contribution in [2.45, 2.75) is 44.2 Å². The highest BCUT2D eigenvalue weighted by atomic mass is 32.1. The van der Waals surface area contributed by atoms with Gasteiger partial charge in [-0.2, -0.15) is 0 Å². The van der Waals surface area contributed by atoms with Gasteiger partial charge in [-0.15, -0.1) is 11.3 Å². The zero-order chi connectivity index (χ0) is 12.4. The lowest BCUT2D eigenvalue weighted by Gasteiger charge is -2.23. The van der Waals surface area contributed by atoms with Gasteiger partial charge < -0.3 is 5.32 Å². The second-order valence-electron chi connectivity index (χ2n) is 5.37. The third kappa shape index (κ3) is 2.59. The number of carbonyl (C=O) groups is 1. The zero-order valence-electron chi connectivity index (χ0n) is 10.6. The van der Waals surface area contributed by atoms with Gasteiger partial charge in [-0.05, 0) is 30.7 Å². The number of thiophene rings is 1. The Balaban J connectivity index is 1.51. The van der Waals surface area contributed by atoms with Crippen molar-refractivity contribution in [2.75, 3.05) is 13.1 Å². The Bertz CT molecular complexity index is 398. The van der Waals surface area contributed by atoms with Gasteiger partial charge in [0, 0.05) is 25.2 Å². The molecule has 98 valence electrons. The van der Waals surface area contributed by atoms with Gasteiger partial charge in [0.1, 0.15) is 0 Å². The van der Waals surface area contributed by atoms with E-state index in [9.17, 15) is 4.79 Å². The standard InChI is InChI=1S/C14H20N2OS/c17-14(13-6-3-9-18-13)15-11-7-8-16(10-11)12-4-1-2-5-12/h3,6,9,11-12H,1-2,4-5,7-8,10H2,(H,15,17). The number of nitrogens with zero attached hydrogens (tertiary/aromatic N) is 1. The average Bonchev–Trinajstić information content (AvgIpc) is 3.12. The lowest BCUT2D eigenvalue weighted by Crippen LogP contribution is -2.38. The third-order valence-corrected chi connectivity index (χ3v) is 5.01. The molecule has 1 aromatic rings. The van der Waals surface area contributed by atoms with Crippen LogP contribution in [-0.4, -0.2) is 36.0 Å². The molecule has 0 aromatic carbocycles. The van der Waals surface area contributed by atoms with Gasteiger partial charge in [-0.1, -0.05) is 18.9 Å². The van der Waals surface area contributed by atoms with Crippen LogP contribution in [0.1, 0.15) is 41.8 Å². The first kappa shape index (κ1) is 12.2. The number of carbonyl (C=O) groups excluding carboxylic acids is 1. The molecule has 3 rings (SSSR count). The number of amides is 1. The quantitative estimate of drug-likeness (QED) is 0.909. The number of hydrogen-bond donors (Lipinski definition) is 1. The molecule has 1 aliphatic carbocycles. The summed E-state index contributed by atoms with van der Waals surface area (Å²) in [4.78, 5) is 15.4. The van der Waals surface area contributed by atoms with Crippen molar-refractivity contribution in [3.8, 4) is 0 Å². The van der Waals surface area contributed by atoms with Crippen molar-refractivity contribution < 1.29 is 4.79 Å². The molecular weight excluding hydrogens is 244 g/mol. The first-order chi connectivity index (χ1) is 8.83. The number of likely N-dealkylation sites (tertiary alicyclic amines) is 1. The SMILES string of the molecule is O=C(NC1CCN(C2CCCC2)C1)c1cccs1. The van der Waals surface area contributed by atoms with Gasteiger partial charge in [-0.25, -0.2) is 0 Å². The van der Waals surface area contributed by atoms with E-state index in [2.05, 4.69) is 10.2 Å². The molecule has 1 unspecified atom stereocenters. The lowest BCUT2D eigenvalue weighted by atomic mass is 10.2. The van der Waals surface area contributed by atoms with E-state index in [4.69, 9.17) is 0 Å². The van der Waals surface area contributed by atoms with Crippen LogP contribution < -0.4 is 5.32 Å². The highest BCUT2D eigenvalue weighted by Gasteiger charge is 2.30. The van der Waals surface area contributed by atoms with Crippen LogP contribution in [0.3, 0.4) is 0 Å². The molecule has 1 aromatic heterocycles. The summed E-state index contributed by atoms with van der Waals surface area (Å²) in [5.74, 6) is 0.100. The van der Waals surface area contributed by atoms with Gasteiger partial charge in [-0.3, -0.25) is 9.69 Å². The van der Waals surface area contributed by atoms with E-state index in [0.29, 0.717) is 6.04 Å². The van der Waals surface area contributed by atoms with Crippen LogP contribution in [0.5, 0.6) is 0 Å². The summed E-state index contributed by atoms with van der Waals surface area (Å²) in [5, 5.41) is 5.12. The van der Waals surface area contributed by atoms with Gasteiger partial charge >= 0.3 is 0 Å². The lowest BCUT2D eigenvalue weighted by molar-refractivity contribution is 0.0940. The predicted octanol–water partition coefficient (Wildman–Crippen LogP) is 2.49. The number of rotatable bonds is 3. The molecule has 1 saturated heterocycles. The molecule has 2 fully saturated rings. The Hall–Kier alpha value is -0.870. The smallest absolute Gasteiger partial charge is 0.261 e. The predicted molar refractivity (Wildman–Crippen MR) is 74.0 cm³/mol. The first-order valence-electron chi connectivity index (χ1n) is 6.91. The fraction of sp³-hybridized carbons (Fsp3) is 0.643. The maximum atomic E-state index is 12.0. The molecule has 1 atom stereocenters. The Morgan fingerprint density at radius 2 is 2.17 bits per heavy atom. The molecule has 3 nitrogen and oxygen atoms in total.